The molecule has 1 aromatic rings. The zero-order valence-electron chi connectivity index (χ0n) is 10.6. The van der Waals surface area contributed by atoms with E-state index >= 15 is 0 Å². The third kappa shape index (κ3) is 3.61. The highest BCUT2D eigenvalue weighted by Crippen LogP contribution is 2.29. The van der Waals surface area contributed by atoms with E-state index in [0.29, 0.717) is 6.42 Å². The minimum Gasteiger partial charge on any atom is -0.454 e. The quantitative estimate of drug-likeness (QED) is 0.342. The molecule has 0 saturated carbocycles. The van der Waals surface area contributed by atoms with Gasteiger partial charge in [-0.1, -0.05) is 13.5 Å². The summed E-state index contributed by atoms with van der Waals surface area (Å²) in [5.74, 6) is -0.703. The van der Waals surface area contributed by atoms with Crippen LogP contribution in [0.4, 0.5) is 11.4 Å². The van der Waals surface area contributed by atoms with Crippen molar-refractivity contribution in [3.8, 4) is 0 Å². The van der Waals surface area contributed by atoms with Crippen LogP contribution in [0.15, 0.2) is 30.9 Å². The first-order chi connectivity index (χ1) is 9.38. The first-order valence-corrected chi connectivity index (χ1v) is 5.65. The number of esters is 1. The molecule has 1 aromatic carbocycles. The summed E-state index contributed by atoms with van der Waals surface area (Å²) in [5.41, 5.74) is -0.659. The van der Waals surface area contributed by atoms with Gasteiger partial charge >= 0.3 is 5.97 Å². The Balaban J connectivity index is 3.26. The fourth-order valence-electron chi connectivity index (χ4n) is 1.59. The van der Waals surface area contributed by atoms with Crippen LogP contribution in [-0.2, 0) is 9.53 Å². The highest BCUT2D eigenvalue weighted by atomic mass is 16.6. The highest BCUT2D eigenvalue weighted by molar-refractivity contribution is 5.81. The lowest BCUT2D eigenvalue weighted by Gasteiger charge is -2.15. The van der Waals surface area contributed by atoms with E-state index in [1.165, 1.54) is 0 Å². The normalized spacial score (nSPS) is 11.4. The van der Waals surface area contributed by atoms with Crippen LogP contribution in [0.3, 0.4) is 0 Å². The summed E-state index contributed by atoms with van der Waals surface area (Å²) in [7, 11) is 0. The molecule has 0 amide bonds. The van der Waals surface area contributed by atoms with E-state index in [4.69, 9.17) is 4.74 Å². The molecule has 0 heterocycles. The van der Waals surface area contributed by atoms with Crippen molar-refractivity contribution in [1.82, 2.24) is 0 Å². The van der Waals surface area contributed by atoms with Gasteiger partial charge in [0.25, 0.3) is 11.4 Å². The number of non-ortho nitro benzene ring substituents is 2. The zero-order valence-corrected chi connectivity index (χ0v) is 10.6. The van der Waals surface area contributed by atoms with Gasteiger partial charge in [0.05, 0.1) is 15.9 Å². The molecule has 0 N–H and O–H groups in total. The molecule has 0 aliphatic carbocycles. The van der Waals surface area contributed by atoms with Gasteiger partial charge in [0.1, 0.15) is 6.10 Å². The van der Waals surface area contributed by atoms with Crippen molar-refractivity contribution in [2.24, 2.45) is 0 Å². The highest BCUT2D eigenvalue weighted by Gasteiger charge is 2.22. The molecule has 0 aliphatic rings. The Bertz CT molecular complexity index is 537. The summed E-state index contributed by atoms with van der Waals surface area (Å²) in [4.78, 5) is 31.3. The maximum atomic E-state index is 11.2. The number of ether oxygens (including phenoxy) is 1. The number of nitrogens with zero attached hydrogens (tertiary/aromatic N) is 2. The second kappa shape index (κ2) is 6.41. The monoisotopic (exact) mass is 280 g/mol. The summed E-state index contributed by atoms with van der Waals surface area (Å²) >= 11 is 0. The topological polar surface area (TPSA) is 113 Å². The van der Waals surface area contributed by atoms with Crippen molar-refractivity contribution in [1.29, 1.82) is 0 Å². The third-order valence-corrected chi connectivity index (χ3v) is 2.51. The molecule has 1 unspecified atom stereocenters. The second-order valence-corrected chi connectivity index (χ2v) is 3.83. The average molecular weight is 280 g/mol. The molecule has 106 valence electrons. The van der Waals surface area contributed by atoms with Gasteiger partial charge in [0, 0.05) is 23.8 Å². The molecular weight excluding hydrogens is 268 g/mol. The molecule has 8 nitrogen and oxygen atoms in total. The number of rotatable bonds is 6. The van der Waals surface area contributed by atoms with Crippen LogP contribution in [-0.4, -0.2) is 15.8 Å². The molecule has 1 atom stereocenters. The van der Waals surface area contributed by atoms with Crippen molar-refractivity contribution in [2.75, 3.05) is 0 Å². The summed E-state index contributed by atoms with van der Waals surface area (Å²) in [6.45, 7) is 4.93. The van der Waals surface area contributed by atoms with E-state index in [2.05, 4.69) is 6.58 Å². The van der Waals surface area contributed by atoms with E-state index in [1.807, 2.05) is 0 Å². The molecule has 1 rings (SSSR count). The first-order valence-electron chi connectivity index (χ1n) is 5.65. The van der Waals surface area contributed by atoms with Crippen LogP contribution in [0.1, 0.15) is 25.0 Å². The first kappa shape index (κ1) is 15.3. The molecule has 0 fully saturated rings. The van der Waals surface area contributed by atoms with Crippen LogP contribution in [0, 0.1) is 20.2 Å². The number of hydrogen-bond donors (Lipinski definition) is 0. The lowest BCUT2D eigenvalue weighted by molar-refractivity contribution is -0.394. The second-order valence-electron chi connectivity index (χ2n) is 3.83. The van der Waals surface area contributed by atoms with Gasteiger partial charge in [0.15, 0.2) is 0 Å². The number of carbonyl (C=O) groups excluding carboxylic acids is 1. The van der Waals surface area contributed by atoms with Crippen LogP contribution in [0.2, 0.25) is 0 Å². The Morgan fingerprint density at radius 3 is 2.15 bits per heavy atom. The van der Waals surface area contributed by atoms with Gasteiger partial charge in [-0.3, -0.25) is 20.2 Å². The van der Waals surface area contributed by atoms with E-state index in [1.54, 1.807) is 6.92 Å². The molecule has 0 radical (unpaired) electrons. The number of benzene rings is 1. The summed E-state index contributed by atoms with van der Waals surface area (Å²) < 4.78 is 5.00. The van der Waals surface area contributed by atoms with E-state index in [-0.39, 0.29) is 5.56 Å². The molecule has 0 saturated heterocycles. The summed E-state index contributed by atoms with van der Waals surface area (Å²) in [5, 5.41) is 21.6. The molecule has 0 bridgehead atoms. The van der Waals surface area contributed by atoms with Crippen LogP contribution >= 0.6 is 0 Å². The van der Waals surface area contributed by atoms with E-state index in [9.17, 15) is 25.0 Å². The molecule has 20 heavy (non-hydrogen) atoms. The SMILES string of the molecule is C=CC(=O)OC(CC)c1cc([N+](=O)[O-])cc([N+](=O)[O-])c1. The molecule has 0 aromatic heterocycles. The third-order valence-electron chi connectivity index (χ3n) is 2.51. The minimum atomic E-state index is -0.806. The summed E-state index contributed by atoms with van der Waals surface area (Å²) in [6, 6.07) is 3.15. The van der Waals surface area contributed by atoms with Crippen LogP contribution in [0.5, 0.6) is 0 Å². The van der Waals surface area contributed by atoms with Gasteiger partial charge < -0.3 is 4.74 Å². The Morgan fingerprint density at radius 2 is 1.80 bits per heavy atom. The number of nitro benzene ring substituents is 2. The standard InChI is InChI=1S/C12H12N2O6/c1-3-11(20-12(15)4-2)8-5-9(13(16)17)7-10(6-8)14(18)19/h4-7,11H,2-3H2,1H3. The van der Waals surface area contributed by atoms with Gasteiger partial charge in [-0.15, -0.1) is 0 Å². The number of nitro groups is 2. The van der Waals surface area contributed by atoms with Gasteiger partial charge in [-0.05, 0) is 6.42 Å². The van der Waals surface area contributed by atoms with Gasteiger partial charge in [-0.2, -0.15) is 0 Å². The fraction of sp³-hybridized carbons (Fsp3) is 0.250. The van der Waals surface area contributed by atoms with Gasteiger partial charge in [0.2, 0.25) is 0 Å². The predicted molar refractivity (Wildman–Crippen MR) is 69.1 cm³/mol. The molecule has 0 spiro atoms. The van der Waals surface area contributed by atoms with Crippen molar-refractivity contribution in [2.45, 2.75) is 19.4 Å². The van der Waals surface area contributed by atoms with E-state index < -0.39 is 33.3 Å². The van der Waals surface area contributed by atoms with Crippen molar-refractivity contribution >= 4 is 17.3 Å². The Hall–Kier alpha value is -2.77. The lowest BCUT2D eigenvalue weighted by Crippen LogP contribution is -2.09. The Morgan fingerprint density at radius 1 is 1.30 bits per heavy atom. The molecule has 8 heteroatoms. The van der Waals surface area contributed by atoms with Crippen LogP contribution < -0.4 is 0 Å². The zero-order chi connectivity index (χ0) is 15.3. The van der Waals surface area contributed by atoms with E-state index in [0.717, 1.165) is 24.3 Å². The largest absolute Gasteiger partial charge is 0.454 e. The predicted octanol–water partition coefficient (Wildman–Crippen LogP) is 2.68. The average Bonchev–Trinajstić information content (AvgIpc) is 2.43. The van der Waals surface area contributed by atoms with Crippen molar-refractivity contribution in [3.05, 3.63) is 56.6 Å². The van der Waals surface area contributed by atoms with Crippen molar-refractivity contribution < 1.29 is 19.4 Å². The fourth-order valence-corrected chi connectivity index (χ4v) is 1.59. The Labute approximate surface area is 114 Å². The maximum absolute atomic E-state index is 11.2. The summed E-state index contributed by atoms with van der Waals surface area (Å²) in [6.07, 6.45) is 0.464. The Kier molecular flexibility index (Phi) is 4.90. The smallest absolute Gasteiger partial charge is 0.330 e. The van der Waals surface area contributed by atoms with Crippen molar-refractivity contribution in [3.63, 3.8) is 0 Å². The maximum Gasteiger partial charge on any atom is 0.330 e. The molecular formula is C12H12N2O6. The van der Waals surface area contributed by atoms with Crippen LogP contribution in [0.25, 0.3) is 0 Å². The lowest BCUT2D eigenvalue weighted by atomic mass is 10.1. The number of carbonyl (C=O) groups is 1. The molecule has 0 aliphatic heterocycles. The number of hydrogen-bond acceptors (Lipinski definition) is 6. The van der Waals surface area contributed by atoms with Gasteiger partial charge in [-0.25, -0.2) is 4.79 Å². The minimum absolute atomic E-state index is 0.198.